The van der Waals surface area contributed by atoms with E-state index in [1.54, 1.807) is 6.08 Å². The maximum absolute atomic E-state index is 5.37. The Labute approximate surface area is 97.5 Å². The van der Waals surface area contributed by atoms with Gasteiger partial charge in [0.2, 0.25) is 5.88 Å². The quantitative estimate of drug-likeness (QED) is 0.748. The minimum atomic E-state index is 0.482. The molecule has 0 atom stereocenters. The van der Waals surface area contributed by atoms with Crippen LogP contribution >= 0.6 is 0 Å². The molecule has 0 unspecified atom stereocenters. The van der Waals surface area contributed by atoms with E-state index in [0.717, 1.165) is 12.2 Å². The van der Waals surface area contributed by atoms with Gasteiger partial charge >= 0.3 is 0 Å². The monoisotopic (exact) mass is 220 g/mol. The van der Waals surface area contributed by atoms with Crippen LogP contribution < -0.4 is 10.1 Å². The number of nitrogens with one attached hydrogen (secondary N) is 1. The van der Waals surface area contributed by atoms with Crippen molar-refractivity contribution in [3.63, 3.8) is 0 Å². The van der Waals surface area contributed by atoms with E-state index in [-0.39, 0.29) is 0 Å². The van der Waals surface area contributed by atoms with Gasteiger partial charge in [-0.25, -0.2) is 4.98 Å². The topological polar surface area (TPSA) is 34.1 Å². The van der Waals surface area contributed by atoms with E-state index >= 15 is 0 Å². The zero-order chi connectivity index (χ0) is 12.0. The van der Waals surface area contributed by atoms with Crippen molar-refractivity contribution in [2.75, 3.05) is 6.61 Å². The third kappa shape index (κ3) is 4.03. The molecule has 0 aliphatic carbocycles. The second kappa shape index (κ2) is 6.28. The molecule has 0 radical (unpaired) electrons. The molecular weight excluding hydrogens is 200 g/mol. The molecule has 1 N–H and O–H groups in total. The van der Waals surface area contributed by atoms with Crippen molar-refractivity contribution in [2.45, 2.75) is 33.4 Å². The Morgan fingerprint density at radius 1 is 1.50 bits per heavy atom. The van der Waals surface area contributed by atoms with Gasteiger partial charge in [0.1, 0.15) is 6.61 Å². The van der Waals surface area contributed by atoms with Crippen LogP contribution in [0, 0.1) is 6.92 Å². The SMILES string of the molecule is C=CCOc1ccc(CNC(C)C)c(C)n1. The number of ether oxygens (including phenoxy) is 1. The largest absolute Gasteiger partial charge is 0.473 e. The molecule has 1 aromatic heterocycles. The van der Waals surface area contributed by atoms with E-state index in [0.29, 0.717) is 18.5 Å². The Balaban J connectivity index is 2.63. The fourth-order valence-electron chi connectivity index (χ4n) is 1.29. The highest BCUT2D eigenvalue weighted by molar-refractivity contribution is 5.25. The molecule has 1 aromatic rings. The van der Waals surface area contributed by atoms with Gasteiger partial charge in [-0.05, 0) is 12.5 Å². The molecule has 0 saturated heterocycles. The molecule has 0 aromatic carbocycles. The van der Waals surface area contributed by atoms with Gasteiger partial charge in [-0.2, -0.15) is 0 Å². The minimum Gasteiger partial charge on any atom is -0.473 e. The normalized spacial score (nSPS) is 10.5. The van der Waals surface area contributed by atoms with Crippen molar-refractivity contribution < 1.29 is 4.74 Å². The third-order valence-electron chi connectivity index (χ3n) is 2.22. The summed E-state index contributed by atoms with van der Waals surface area (Å²) in [5.74, 6) is 0.658. The summed E-state index contributed by atoms with van der Waals surface area (Å²) in [6.07, 6.45) is 1.71. The van der Waals surface area contributed by atoms with Crippen molar-refractivity contribution in [3.05, 3.63) is 36.0 Å². The predicted molar refractivity (Wildman–Crippen MR) is 66.6 cm³/mol. The minimum absolute atomic E-state index is 0.482. The smallest absolute Gasteiger partial charge is 0.213 e. The van der Waals surface area contributed by atoms with E-state index in [2.05, 4.69) is 36.8 Å². The Kier molecular flexibility index (Phi) is 4.99. The van der Waals surface area contributed by atoms with Crippen LogP contribution in [0.3, 0.4) is 0 Å². The number of hydrogen-bond acceptors (Lipinski definition) is 3. The van der Waals surface area contributed by atoms with Gasteiger partial charge in [0.25, 0.3) is 0 Å². The molecule has 0 aliphatic rings. The second-order valence-corrected chi connectivity index (χ2v) is 4.03. The van der Waals surface area contributed by atoms with Crippen molar-refractivity contribution in [3.8, 4) is 5.88 Å². The molecule has 3 heteroatoms. The van der Waals surface area contributed by atoms with Gasteiger partial charge in [-0.1, -0.05) is 32.6 Å². The Hall–Kier alpha value is -1.35. The lowest BCUT2D eigenvalue weighted by molar-refractivity contribution is 0.347. The molecule has 3 nitrogen and oxygen atoms in total. The van der Waals surface area contributed by atoms with Crippen LogP contribution in [0.2, 0.25) is 0 Å². The Morgan fingerprint density at radius 2 is 2.25 bits per heavy atom. The number of hydrogen-bond donors (Lipinski definition) is 1. The maximum Gasteiger partial charge on any atom is 0.213 e. The van der Waals surface area contributed by atoms with Crippen molar-refractivity contribution in [2.24, 2.45) is 0 Å². The summed E-state index contributed by atoms with van der Waals surface area (Å²) < 4.78 is 5.37. The zero-order valence-electron chi connectivity index (χ0n) is 10.3. The number of aryl methyl sites for hydroxylation is 1. The highest BCUT2D eigenvalue weighted by atomic mass is 16.5. The van der Waals surface area contributed by atoms with Gasteiger partial charge in [-0.3, -0.25) is 0 Å². The van der Waals surface area contributed by atoms with E-state index < -0.39 is 0 Å². The summed E-state index contributed by atoms with van der Waals surface area (Å²) in [4.78, 5) is 4.38. The number of rotatable bonds is 6. The second-order valence-electron chi connectivity index (χ2n) is 4.03. The van der Waals surface area contributed by atoms with Crippen LogP contribution in [0.25, 0.3) is 0 Å². The molecule has 88 valence electrons. The molecule has 0 aliphatic heterocycles. The zero-order valence-corrected chi connectivity index (χ0v) is 10.3. The molecule has 1 heterocycles. The average Bonchev–Trinajstić information content (AvgIpc) is 2.24. The summed E-state index contributed by atoms with van der Waals surface area (Å²) in [7, 11) is 0. The summed E-state index contributed by atoms with van der Waals surface area (Å²) in [5, 5.41) is 3.37. The first kappa shape index (κ1) is 12.7. The lowest BCUT2D eigenvalue weighted by Crippen LogP contribution is -2.22. The molecule has 0 amide bonds. The fraction of sp³-hybridized carbons (Fsp3) is 0.462. The van der Waals surface area contributed by atoms with Crippen LogP contribution in [0.4, 0.5) is 0 Å². The highest BCUT2D eigenvalue weighted by Crippen LogP contribution is 2.12. The van der Waals surface area contributed by atoms with Crippen LogP contribution in [0.1, 0.15) is 25.1 Å². The molecular formula is C13H20N2O. The van der Waals surface area contributed by atoms with Gasteiger partial charge in [0.15, 0.2) is 0 Å². The van der Waals surface area contributed by atoms with Crippen LogP contribution in [-0.4, -0.2) is 17.6 Å². The van der Waals surface area contributed by atoms with Crippen LogP contribution in [0.15, 0.2) is 24.8 Å². The molecule has 16 heavy (non-hydrogen) atoms. The van der Waals surface area contributed by atoms with Gasteiger partial charge in [0.05, 0.1) is 0 Å². The summed E-state index contributed by atoms with van der Waals surface area (Å²) in [6, 6.07) is 4.43. The van der Waals surface area contributed by atoms with Gasteiger partial charge in [-0.15, -0.1) is 0 Å². The Morgan fingerprint density at radius 3 is 2.81 bits per heavy atom. The van der Waals surface area contributed by atoms with Gasteiger partial charge < -0.3 is 10.1 Å². The standard InChI is InChI=1S/C13H20N2O/c1-5-8-16-13-7-6-12(11(4)15-13)9-14-10(2)3/h5-7,10,14H,1,8-9H2,2-4H3. The first-order chi connectivity index (χ1) is 7.63. The number of aromatic nitrogens is 1. The molecule has 0 bridgehead atoms. The van der Waals surface area contributed by atoms with E-state index in [4.69, 9.17) is 4.74 Å². The average molecular weight is 220 g/mol. The van der Waals surface area contributed by atoms with Crippen molar-refractivity contribution >= 4 is 0 Å². The van der Waals surface area contributed by atoms with E-state index in [1.165, 1.54) is 5.56 Å². The van der Waals surface area contributed by atoms with Crippen LogP contribution in [0.5, 0.6) is 5.88 Å². The first-order valence-electron chi connectivity index (χ1n) is 5.57. The van der Waals surface area contributed by atoms with Crippen LogP contribution in [-0.2, 0) is 6.54 Å². The summed E-state index contributed by atoms with van der Waals surface area (Å²) in [6.45, 7) is 11.2. The Bertz CT molecular complexity index is 348. The fourth-order valence-corrected chi connectivity index (χ4v) is 1.29. The van der Waals surface area contributed by atoms with Gasteiger partial charge in [0, 0.05) is 24.3 Å². The van der Waals surface area contributed by atoms with Crippen molar-refractivity contribution in [1.29, 1.82) is 0 Å². The van der Waals surface area contributed by atoms with E-state index in [9.17, 15) is 0 Å². The number of nitrogens with zero attached hydrogens (tertiary/aromatic N) is 1. The molecule has 0 fully saturated rings. The predicted octanol–water partition coefficient (Wildman–Crippen LogP) is 2.45. The molecule has 0 spiro atoms. The summed E-state index contributed by atoms with van der Waals surface area (Å²) in [5.41, 5.74) is 2.22. The third-order valence-corrected chi connectivity index (χ3v) is 2.22. The summed E-state index contributed by atoms with van der Waals surface area (Å²) >= 11 is 0. The molecule has 0 saturated carbocycles. The lowest BCUT2D eigenvalue weighted by atomic mass is 10.2. The molecule has 1 rings (SSSR count). The first-order valence-corrected chi connectivity index (χ1v) is 5.57. The highest BCUT2D eigenvalue weighted by Gasteiger charge is 2.02. The maximum atomic E-state index is 5.37. The lowest BCUT2D eigenvalue weighted by Gasteiger charge is -2.11. The van der Waals surface area contributed by atoms with Crippen molar-refractivity contribution in [1.82, 2.24) is 10.3 Å². The number of pyridine rings is 1. The van der Waals surface area contributed by atoms with E-state index in [1.807, 2.05) is 13.0 Å².